The first-order valence-corrected chi connectivity index (χ1v) is 7.34. The molecule has 2 rings (SSSR count). The standard InChI is InChI=1S/C17H23N3O/c1-4-13-7-5-6-8-15(13)19-16-10-9-14(18)17(20-16)21-11-12(2)3/h5-10,12H,4,11,18H2,1-3H3,(H,19,20). The molecule has 0 aliphatic carbocycles. The summed E-state index contributed by atoms with van der Waals surface area (Å²) in [5, 5.41) is 3.33. The maximum absolute atomic E-state index is 5.91. The van der Waals surface area contributed by atoms with Crippen molar-refractivity contribution in [3.8, 4) is 5.88 Å². The molecule has 0 aliphatic rings. The number of aryl methyl sites for hydroxylation is 1. The van der Waals surface area contributed by atoms with Crippen molar-refractivity contribution < 1.29 is 4.74 Å². The smallest absolute Gasteiger partial charge is 0.239 e. The minimum absolute atomic E-state index is 0.434. The maximum Gasteiger partial charge on any atom is 0.239 e. The van der Waals surface area contributed by atoms with E-state index in [1.165, 1.54) is 5.56 Å². The highest BCUT2D eigenvalue weighted by atomic mass is 16.5. The number of pyridine rings is 1. The van der Waals surface area contributed by atoms with Gasteiger partial charge in [-0.05, 0) is 36.1 Å². The molecule has 0 bridgehead atoms. The van der Waals surface area contributed by atoms with E-state index in [-0.39, 0.29) is 0 Å². The molecule has 0 fully saturated rings. The van der Waals surface area contributed by atoms with E-state index >= 15 is 0 Å². The largest absolute Gasteiger partial charge is 0.476 e. The predicted molar refractivity (Wildman–Crippen MR) is 88.1 cm³/mol. The number of nitrogens with two attached hydrogens (primary N) is 1. The average Bonchev–Trinajstić information content (AvgIpc) is 2.48. The number of aromatic nitrogens is 1. The first-order valence-electron chi connectivity index (χ1n) is 7.34. The van der Waals surface area contributed by atoms with Gasteiger partial charge in [-0.15, -0.1) is 0 Å². The van der Waals surface area contributed by atoms with Crippen LogP contribution in [0.1, 0.15) is 26.3 Å². The normalized spacial score (nSPS) is 10.7. The first-order chi connectivity index (χ1) is 10.1. The minimum atomic E-state index is 0.434. The van der Waals surface area contributed by atoms with E-state index in [9.17, 15) is 0 Å². The molecule has 0 unspecified atom stereocenters. The molecule has 0 spiro atoms. The molecule has 0 atom stereocenters. The van der Waals surface area contributed by atoms with Gasteiger partial charge in [-0.1, -0.05) is 39.0 Å². The lowest BCUT2D eigenvalue weighted by molar-refractivity contribution is 0.263. The molecule has 4 nitrogen and oxygen atoms in total. The lowest BCUT2D eigenvalue weighted by Crippen LogP contribution is -2.08. The van der Waals surface area contributed by atoms with E-state index in [4.69, 9.17) is 10.5 Å². The summed E-state index contributed by atoms with van der Waals surface area (Å²) in [5.41, 5.74) is 8.78. The van der Waals surface area contributed by atoms with E-state index in [0.29, 0.717) is 24.1 Å². The Balaban J connectivity index is 2.18. The van der Waals surface area contributed by atoms with Gasteiger partial charge in [0.05, 0.1) is 12.3 Å². The molecule has 0 saturated heterocycles. The van der Waals surface area contributed by atoms with Crippen molar-refractivity contribution >= 4 is 17.2 Å². The summed E-state index contributed by atoms with van der Waals surface area (Å²) >= 11 is 0. The van der Waals surface area contributed by atoms with Crippen LogP contribution in [0, 0.1) is 5.92 Å². The number of hydrogen-bond donors (Lipinski definition) is 2. The van der Waals surface area contributed by atoms with Crippen LogP contribution in [-0.4, -0.2) is 11.6 Å². The molecule has 21 heavy (non-hydrogen) atoms. The topological polar surface area (TPSA) is 60.2 Å². The van der Waals surface area contributed by atoms with Crippen LogP contribution in [0.5, 0.6) is 5.88 Å². The molecule has 0 radical (unpaired) electrons. The Labute approximate surface area is 126 Å². The molecule has 1 aromatic carbocycles. The van der Waals surface area contributed by atoms with Crippen molar-refractivity contribution in [3.05, 3.63) is 42.0 Å². The van der Waals surface area contributed by atoms with Gasteiger partial charge in [-0.2, -0.15) is 4.98 Å². The zero-order chi connectivity index (χ0) is 15.2. The molecule has 1 heterocycles. The van der Waals surface area contributed by atoms with Crippen LogP contribution in [0.15, 0.2) is 36.4 Å². The van der Waals surface area contributed by atoms with Crippen LogP contribution in [0.4, 0.5) is 17.2 Å². The fourth-order valence-electron chi connectivity index (χ4n) is 1.97. The molecule has 4 heteroatoms. The van der Waals surface area contributed by atoms with Crippen molar-refractivity contribution in [2.75, 3.05) is 17.7 Å². The van der Waals surface area contributed by atoms with Crippen molar-refractivity contribution in [2.45, 2.75) is 27.2 Å². The summed E-state index contributed by atoms with van der Waals surface area (Å²) in [5.74, 6) is 1.66. The van der Waals surface area contributed by atoms with Crippen molar-refractivity contribution in [2.24, 2.45) is 5.92 Å². The third-order valence-corrected chi connectivity index (χ3v) is 3.10. The van der Waals surface area contributed by atoms with Gasteiger partial charge in [0.1, 0.15) is 5.82 Å². The Kier molecular flexibility index (Phi) is 5.04. The van der Waals surface area contributed by atoms with Crippen molar-refractivity contribution in [1.29, 1.82) is 0 Å². The second-order valence-electron chi connectivity index (χ2n) is 5.43. The lowest BCUT2D eigenvalue weighted by Gasteiger charge is -2.13. The number of benzene rings is 1. The molecular weight excluding hydrogens is 262 g/mol. The average molecular weight is 285 g/mol. The third kappa shape index (κ3) is 4.12. The zero-order valence-electron chi connectivity index (χ0n) is 12.9. The number of nitrogen functional groups attached to an aromatic ring is 1. The van der Waals surface area contributed by atoms with Crippen LogP contribution in [-0.2, 0) is 6.42 Å². The summed E-state index contributed by atoms with van der Waals surface area (Å²) in [6, 6.07) is 11.9. The van der Waals surface area contributed by atoms with Crippen LogP contribution in [0.2, 0.25) is 0 Å². The van der Waals surface area contributed by atoms with Gasteiger partial charge in [0.15, 0.2) is 0 Å². The Morgan fingerprint density at radius 3 is 2.67 bits per heavy atom. The van der Waals surface area contributed by atoms with Gasteiger partial charge >= 0.3 is 0 Å². The highest BCUT2D eigenvalue weighted by Crippen LogP contribution is 2.25. The number of para-hydroxylation sites is 1. The number of ether oxygens (including phenoxy) is 1. The fraction of sp³-hybridized carbons (Fsp3) is 0.353. The van der Waals surface area contributed by atoms with E-state index in [2.05, 4.69) is 37.1 Å². The van der Waals surface area contributed by atoms with Crippen LogP contribution >= 0.6 is 0 Å². The van der Waals surface area contributed by atoms with Gasteiger partial charge in [0.2, 0.25) is 5.88 Å². The summed E-state index contributed by atoms with van der Waals surface area (Å²) in [4.78, 5) is 4.46. The SMILES string of the molecule is CCc1ccccc1Nc1ccc(N)c(OCC(C)C)n1. The highest BCUT2D eigenvalue weighted by molar-refractivity contribution is 5.63. The van der Waals surface area contributed by atoms with Gasteiger partial charge in [0, 0.05) is 5.69 Å². The monoisotopic (exact) mass is 285 g/mol. The number of nitrogens with one attached hydrogen (secondary N) is 1. The molecule has 2 aromatic rings. The lowest BCUT2D eigenvalue weighted by atomic mass is 10.1. The second-order valence-corrected chi connectivity index (χ2v) is 5.43. The highest BCUT2D eigenvalue weighted by Gasteiger charge is 2.07. The van der Waals surface area contributed by atoms with Crippen molar-refractivity contribution in [3.63, 3.8) is 0 Å². The van der Waals surface area contributed by atoms with Gasteiger partial charge in [0.25, 0.3) is 0 Å². The summed E-state index contributed by atoms with van der Waals surface area (Å²) in [7, 11) is 0. The number of hydrogen-bond acceptors (Lipinski definition) is 4. The van der Waals surface area contributed by atoms with Crippen molar-refractivity contribution in [1.82, 2.24) is 4.98 Å². The quantitative estimate of drug-likeness (QED) is 0.842. The van der Waals surface area contributed by atoms with E-state index in [1.807, 2.05) is 30.3 Å². The maximum atomic E-state index is 5.91. The molecule has 0 aliphatic heterocycles. The summed E-state index contributed by atoms with van der Waals surface area (Å²) < 4.78 is 5.66. The summed E-state index contributed by atoms with van der Waals surface area (Å²) in [6.07, 6.45) is 0.967. The number of nitrogens with zero attached hydrogens (tertiary/aromatic N) is 1. The second kappa shape index (κ2) is 6.97. The summed E-state index contributed by atoms with van der Waals surface area (Å²) in [6.45, 7) is 6.92. The van der Waals surface area contributed by atoms with Gasteiger partial charge in [-0.25, -0.2) is 0 Å². The Hall–Kier alpha value is -2.23. The minimum Gasteiger partial charge on any atom is -0.476 e. The van der Waals surface area contributed by atoms with Gasteiger partial charge in [-0.3, -0.25) is 0 Å². The Bertz CT molecular complexity index is 596. The zero-order valence-corrected chi connectivity index (χ0v) is 12.9. The number of rotatable bonds is 6. The number of anilines is 3. The molecule has 3 N–H and O–H groups in total. The fourth-order valence-corrected chi connectivity index (χ4v) is 1.97. The van der Waals surface area contributed by atoms with E-state index < -0.39 is 0 Å². The van der Waals surface area contributed by atoms with Gasteiger partial charge < -0.3 is 15.8 Å². The molecular formula is C17H23N3O. The Morgan fingerprint density at radius 1 is 1.19 bits per heavy atom. The predicted octanol–water partition coefficient (Wildman–Crippen LogP) is 4.00. The van der Waals surface area contributed by atoms with E-state index in [1.54, 1.807) is 0 Å². The molecule has 1 aromatic heterocycles. The molecule has 112 valence electrons. The Morgan fingerprint density at radius 2 is 1.95 bits per heavy atom. The first kappa shape index (κ1) is 15.2. The molecule has 0 saturated carbocycles. The van der Waals surface area contributed by atoms with Crippen LogP contribution in [0.25, 0.3) is 0 Å². The molecule has 0 amide bonds. The van der Waals surface area contributed by atoms with Crippen LogP contribution < -0.4 is 15.8 Å². The van der Waals surface area contributed by atoms with E-state index in [0.717, 1.165) is 17.9 Å². The third-order valence-electron chi connectivity index (χ3n) is 3.10. The van der Waals surface area contributed by atoms with Crippen LogP contribution in [0.3, 0.4) is 0 Å².